The molecule has 0 unspecified atom stereocenters. The van der Waals surface area contributed by atoms with Crippen LogP contribution in [-0.4, -0.2) is 0 Å². The number of hydrogen-bond donors (Lipinski definition) is 0. The van der Waals surface area contributed by atoms with Crippen LogP contribution in [-0.2, 0) is 0 Å². The third-order valence-electron chi connectivity index (χ3n) is 3.14. The van der Waals surface area contributed by atoms with Gasteiger partial charge in [-0.25, -0.2) is 0 Å². The normalized spacial score (nSPS) is 14.9. The van der Waals surface area contributed by atoms with E-state index in [9.17, 15) is 0 Å². The van der Waals surface area contributed by atoms with Gasteiger partial charge in [-0.2, -0.15) is 0 Å². The molecule has 0 aliphatic heterocycles. The van der Waals surface area contributed by atoms with Crippen molar-refractivity contribution in [2.45, 2.75) is 54.4 Å². The summed E-state index contributed by atoms with van der Waals surface area (Å²) in [6.45, 7) is 13.3. The predicted octanol–water partition coefficient (Wildman–Crippen LogP) is 4.73. The third kappa shape index (κ3) is 4.31. The first-order valence-electron chi connectivity index (χ1n) is 5.19. The van der Waals surface area contributed by atoms with Crippen molar-refractivity contribution in [2.24, 2.45) is 5.41 Å². The van der Waals surface area contributed by atoms with Crippen molar-refractivity contribution in [1.82, 2.24) is 0 Å². The molecule has 0 spiro atoms. The fraction of sp³-hybridized carbons (Fsp3) is 0.692. The average Bonchev–Trinajstić information content (AvgIpc) is 2.12. The van der Waals surface area contributed by atoms with Gasteiger partial charge >= 0.3 is 0 Å². The van der Waals surface area contributed by atoms with Crippen molar-refractivity contribution in [2.75, 3.05) is 0 Å². The molecule has 13 heavy (non-hydrogen) atoms. The largest absolute Gasteiger partial charge is 0.0887 e. The van der Waals surface area contributed by atoms with Gasteiger partial charge in [-0.05, 0) is 46.0 Å². The topological polar surface area (TPSA) is 0 Å². The Bertz CT molecular complexity index is 204. The summed E-state index contributed by atoms with van der Waals surface area (Å²) in [7, 11) is 0. The van der Waals surface area contributed by atoms with Crippen LogP contribution in [0.15, 0.2) is 23.3 Å². The zero-order valence-corrected chi connectivity index (χ0v) is 10.1. The summed E-state index contributed by atoms with van der Waals surface area (Å²) in [6, 6.07) is 0. The van der Waals surface area contributed by atoms with E-state index in [0.29, 0.717) is 5.41 Å². The predicted molar refractivity (Wildman–Crippen MR) is 61.9 cm³/mol. The van der Waals surface area contributed by atoms with Gasteiger partial charge in [-0.1, -0.05) is 37.1 Å². The van der Waals surface area contributed by atoms with Crippen molar-refractivity contribution in [3.63, 3.8) is 0 Å². The van der Waals surface area contributed by atoms with Gasteiger partial charge in [0, 0.05) is 0 Å². The van der Waals surface area contributed by atoms with E-state index in [1.54, 1.807) is 0 Å². The zero-order chi connectivity index (χ0) is 10.5. The highest BCUT2D eigenvalue weighted by Crippen LogP contribution is 2.32. The van der Waals surface area contributed by atoms with E-state index in [-0.39, 0.29) is 0 Å². The fourth-order valence-corrected chi connectivity index (χ4v) is 1.24. The maximum atomic E-state index is 2.32. The first-order valence-corrected chi connectivity index (χ1v) is 5.19. The molecule has 76 valence electrons. The van der Waals surface area contributed by atoms with Crippen LogP contribution < -0.4 is 0 Å². The molecule has 0 nitrogen and oxygen atoms in total. The Morgan fingerprint density at radius 1 is 1.08 bits per heavy atom. The van der Waals surface area contributed by atoms with Gasteiger partial charge < -0.3 is 0 Å². The van der Waals surface area contributed by atoms with Gasteiger partial charge in [0.05, 0.1) is 0 Å². The minimum atomic E-state index is 0.360. The van der Waals surface area contributed by atoms with E-state index in [1.165, 1.54) is 24.0 Å². The summed E-state index contributed by atoms with van der Waals surface area (Å²) in [5.74, 6) is 0. The fourth-order valence-electron chi connectivity index (χ4n) is 1.24. The van der Waals surface area contributed by atoms with E-state index in [4.69, 9.17) is 0 Å². The van der Waals surface area contributed by atoms with Crippen LogP contribution >= 0.6 is 0 Å². The highest BCUT2D eigenvalue weighted by molar-refractivity contribution is 5.09. The molecule has 0 aliphatic carbocycles. The van der Waals surface area contributed by atoms with E-state index in [2.05, 4.69) is 53.7 Å². The van der Waals surface area contributed by atoms with Crippen molar-refractivity contribution in [3.05, 3.63) is 23.3 Å². The summed E-state index contributed by atoms with van der Waals surface area (Å²) in [6.07, 6.45) is 6.90. The number of hydrogen-bond acceptors (Lipinski definition) is 0. The van der Waals surface area contributed by atoms with Crippen LogP contribution in [0.25, 0.3) is 0 Å². The van der Waals surface area contributed by atoms with Crippen LogP contribution in [0.3, 0.4) is 0 Å². The second-order valence-corrected chi connectivity index (χ2v) is 4.49. The van der Waals surface area contributed by atoms with Gasteiger partial charge in [-0.15, -0.1) is 0 Å². The Morgan fingerprint density at radius 3 is 2.00 bits per heavy atom. The number of rotatable bonds is 4. The summed E-state index contributed by atoms with van der Waals surface area (Å²) >= 11 is 0. The summed E-state index contributed by atoms with van der Waals surface area (Å²) in [5.41, 5.74) is 3.35. The molecule has 0 aliphatic rings. The minimum Gasteiger partial charge on any atom is -0.0887 e. The van der Waals surface area contributed by atoms with Crippen molar-refractivity contribution < 1.29 is 0 Å². The monoisotopic (exact) mass is 180 g/mol. The Morgan fingerprint density at radius 2 is 1.62 bits per heavy atom. The standard InChI is InChI=1S/C13H24/c1-7-11(3)9-10-13(5,6)12(4)8-2/h7-8H,9-10H2,1-6H3. The minimum absolute atomic E-state index is 0.360. The van der Waals surface area contributed by atoms with Crippen LogP contribution in [0, 0.1) is 5.41 Å². The Balaban J connectivity index is 4.19. The average molecular weight is 180 g/mol. The van der Waals surface area contributed by atoms with Gasteiger partial charge in [-0.3, -0.25) is 0 Å². The molecule has 0 aromatic heterocycles. The lowest BCUT2D eigenvalue weighted by Gasteiger charge is -2.26. The van der Waals surface area contributed by atoms with Crippen molar-refractivity contribution in [3.8, 4) is 0 Å². The SMILES string of the molecule is CC=C(C)CCC(C)(C)C(C)=CC. The summed E-state index contributed by atoms with van der Waals surface area (Å²) in [4.78, 5) is 0. The maximum absolute atomic E-state index is 2.32. The van der Waals surface area contributed by atoms with Crippen LogP contribution in [0.1, 0.15) is 54.4 Å². The second-order valence-electron chi connectivity index (χ2n) is 4.49. The Kier molecular flexibility index (Phi) is 5.05. The molecule has 0 amide bonds. The maximum Gasteiger partial charge on any atom is -0.0145 e. The molecular weight excluding hydrogens is 156 g/mol. The number of allylic oxidation sites excluding steroid dienone is 4. The molecule has 0 bridgehead atoms. The molecule has 0 fully saturated rings. The van der Waals surface area contributed by atoms with Gasteiger partial charge in [0.2, 0.25) is 0 Å². The molecule has 0 N–H and O–H groups in total. The van der Waals surface area contributed by atoms with Gasteiger partial charge in [0.25, 0.3) is 0 Å². The quantitative estimate of drug-likeness (QED) is 0.549. The molecule has 0 aromatic carbocycles. The molecule has 0 saturated carbocycles. The molecule has 0 aromatic rings. The van der Waals surface area contributed by atoms with Crippen LogP contribution in [0.2, 0.25) is 0 Å². The molecule has 0 atom stereocenters. The molecule has 0 radical (unpaired) electrons. The molecule has 0 saturated heterocycles. The van der Waals surface area contributed by atoms with Crippen LogP contribution in [0.5, 0.6) is 0 Å². The summed E-state index contributed by atoms with van der Waals surface area (Å²) in [5, 5.41) is 0. The van der Waals surface area contributed by atoms with E-state index in [0.717, 1.165) is 0 Å². The second kappa shape index (κ2) is 5.26. The Hall–Kier alpha value is -0.520. The van der Waals surface area contributed by atoms with E-state index >= 15 is 0 Å². The van der Waals surface area contributed by atoms with Crippen molar-refractivity contribution >= 4 is 0 Å². The van der Waals surface area contributed by atoms with Crippen LogP contribution in [0.4, 0.5) is 0 Å². The smallest absolute Gasteiger partial charge is 0.0145 e. The highest BCUT2D eigenvalue weighted by atomic mass is 14.2. The summed E-state index contributed by atoms with van der Waals surface area (Å²) < 4.78 is 0. The van der Waals surface area contributed by atoms with Crippen molar-refractivity contribution in [1.29, 1.82) is 0 Å². The zero-order valence-electron chi connectivity index (χ0n) is 10.1. The molecule has 0 heterocycles. The Labute approximate surface area is 83.7 Å². The lowest BCUT2D eigenvalue weighted by atomic mass is 9.80. The lowest BCUT2D eigenvalue weighted by Crippen LogP contribution is -2.12. The molecule has 0 heteroatoms. The highest BCUT2D eigenvalue weighted by Gasteiger charge is 2.18. The van der Waals surface area contributed by atoms with E-state index in [1.807, 2.05) is 0 Å². The van der Waals surface area contributed by atoms with E-state index < -0.39 is 0 Å². The molecular formula is C13H24. The first-order chi connectivity index (χ1) is 5.94. The third-order valence-corrected chi connectivity index (χ3v) is 3.14. The molecule has 0 rings (SSSR count). The van der Waals surface area contributed by atoms with Gasteiger partial charge in [0.1, 0.15) is 0 Å². The van der Waals surface area contributed by atoms with Gasteiger partial charge in [0.15, 0.2) is 0 Å². The lowest BCUT2D eigenvalue weighted by molar-refractivity contribution is 0.407. The first kappa shape index (κ1) is 12.5.